The van der Waals surface area contributed by atoms with Crippen molar-refractivity contribution in [2.45, 2.75) is 39.5 Å². The average molecular weight is 272 g/mol. The van der Waals surface area contributed by atoms with Crippen molar-refractivity contribution in [1.29, 1.82) is 0 Å². The Morgan fingerprint density at radius 2 is 1.95 bits per heavy atom. The second kappa shape index (κ2) is 7.22. The van der Waals surface area contributed by atoms with E-state index in [9.17, 15) is 0 Å². The smallest absolute Gasteiger partial charge is 0.0950 e. The first-order valence-corrected chi connectivity index (χ1v) is 7.17. The van der Waals surface area contributed by atoms with Crippen LogP contribution in [0.1, 0.15) is 25.1 Å². The van der Waals surface area contributed by atoms with Gasteiger partial charge in [-0.2, -0.15) is 0 Å². The maximum Gasteiger partial charge on any atom is 0.0950 e. The molecule has 0 unspecified atom stereocenters. The number of aromatic nitrogens is 2. The van der Waals surface area contributed by atoms with Gasteiger partial charge >= 0.3 is 0 Å². The predicted molar refractivity (Wildman–Crippen MR) is 82.1 cm³/mol. The molecule has 0 atom stereocenters. The van der Waals surface area contributed by atoms with E-state index in [-0.39, 0.29) is 0 Å². The predicted octanol–water partition coefficient (Wildman–Crippen LogP) is 2.25. The monoisotopic (exact) mass is 272 g/mol. The van der Waals surface area contributed by atoms with E-state index in [2.05, 4.69) is 64.8 Å². The molecular formula is C16H24N4. The van der Waals surface area contributed by atoms with Gasteiger partial charge in [0.2, 0.25) is 0 Å². The van der Waals surface area contributed by atoms with Gasteiger partial charge in [0.15, 0.2) is 0 Å². The van der Waals surface area contributed by atoms with Crippen LogP contribution in [-0.2, 0) is 19.6 Å². The number of nitrogens with two attached hydrogens (primary N) is 1. The van der Waals surface area contributed by atoms with Crippen molar-refractivity contribution in [2.24, 2.45) is 5.73 Å². The first-order valence-electron chi connectivity index (χ1n) is 7.17. The maximum atomic E-state index is 5.56. The van der Waals surface area contributed by atoms with Gasteiger partial charge in [0.05, 0.1) is 12.0 Å². The van der Waals surface area contributed by atoms with Crippen LogP contribution in [0.2, 0.25) is 0 Å². The Balaban J connectivity index is 2.01. The topological polar surface area (TPSA) is 47.1 Å². The highest BCUT2D eigenvalue weighted by Gasteiger charge is 2.12. The first-order chi connectivity index (χ1) is 9.69. The standard InChI is InChI=1S/C16H24N4/c1-14(2)20(10-15-6-4-3-5-7-15)12-16-11-19(9-8-17)13-18-16/h3-7,11,13-14H,8-10,12,17H2,1-2H3. The van der Waals surface area contributed by atoms with Gasteiger partial charge in [-0.15, -0.1) is 0 Å². The number of hydrogen-bond acceptors (Lipinski definition) is 3. The molecule has 4 heteroatoms. The summed E-state index contributed by atoms with van der Waals surface area (Å²) >= 11 is 0. The summed E-state index contributed by atoms with van der Waals surface area (Å²) in [6, 6.07) is 11.0. The van der Waals surface area contributed by atoms with Crippen molar-refractivity contribution in [2.75, 3.05) is 6.54 Å². The fourth-order valence-corrected chi connectivity index (χ4v) is 2.21. The molecular weight excluding hydrogens is 248 g/mol. The Bertz CT molecular complexity index is 504. The molecule has 2 aromatic rings. The van der Waals surface area contributed by atoms with Gasteiger partial charge in [0.1, 0.15) is 0 Å². The summed E-state index contributed by atoms with van der Waals surface area (Å²) in [6.45, 7) is 7.73. The van der Waals surface area contributed by atoms with Crippen LogP contribution in [0.15, 0.2) is 42.9 Å². The molecule has 0 spiro atoms. The van der Waals surface area contributed by atoms with Crippen molar-refractivity contribution in [1.82, 2.24) is 14.5 Å². The van der Waals surface area contributed by atoms with Gasteiger partial charge < -0.3 is 10.3 Å². The van der Waals surface area contributed by atoms with E-state index < -0.39 is 0 Å². The summed E-state index contributed by atoms with van der Waals surface area (Å²) in [4.78, 5) is 6.89. The average Bonchev–Trinajstić information content (AvgIpc) is 2.87. The molecule has 2 rings (SSSR count). The minimum atomic E-state index is 0.481. The van der Waals surface area contributed by atoms with E-state index in [1.165, 1.54) is 5.56 Å². The third kappa shape index (κ3) is 4.18. The molecule has 0 aliphatic carbocycles. The van der Waals surface area contributed by atoms with Gasteiger partial charge in [-0.1, -0.05) is 30.3 Å². The molecule has 1 aromatic heterocycles. The summed E-state index contributed by atoms with van der Waals surface area (Å²) in [5.41, 5.74) is 8.00. The van der Waals surface area contributed by atoms with Crippen molar-refractivity contribution in [3.63, 3.8) is 0 Å². The fraction of sp³-hybridized carbons (Fsp3) is 0.438. The molecule has 20 heavy (non-hydrogen) atoms. The van der Waals surface area contributed by atoms with Crippen LogP contribution in [-0.4, -0.2) is 27.0 Å². The lowest BCUT2D eigenvalue weighted by molar-refractivity contribution is 0.201. The molecule has 1 heterocycles. The van der Waals surface area contributed by atoms with E-state index in [1.807, 2.05) is 6.33 Å². The zero-order valence-electron chi connectivity index (χ0n) is 12.4. The van der Waals surface area contributed by atoms with Crippen LogP contribution in [0.5, 0.6) is 0 Å². The number of benzene rings is 1. The van der Waals surface area contributed by atoms with Crippen LogP contribution >= 0.6 is 0 Å². The van der Waals surface area contributed by atoms with Crippen LogP contribution in [0, 0.1) is 0 Å². The molecule has 0 amide bonds. The minimum absolute atomic E-state index is 0.481. The zero-order chi connectivity index (χ0) is 14.4. The summed E-state index contributed by atoms with van der Waals surface area (Å²) in [6.07, 6.45) is 3.95. The Hall–Kier alpha value is -1.65. The van der Waals surface area contributed by atoms with Crippen molar-refractivity contribution >= 4 is 0 Å². The van der Waals surface area contributed by atoms with Crippen molar-refractivity contribution in [3.05, 3.63) is 54.1 Å². The van der Waals surface area contributed by atoms with Crippen molar-refractivity contribution < 1.29 is 0 Å². The summed E-state index contributed by atoms with van der Waals surface area (Å²) in [5, 5.41) is 0. The highest BCUT2D eigenvalue weighted by Crippen LogP contribution is 2.12. The van der Waals surface area contributed by atoms with E-state index in [4.69, 9.17) is 5.73 Å². The lowest BCUT2D eigenvalue weighted by Gasteiger charge is -2.25. The second-order valence-electron chi connectivity index (χ2n) is 5.38. The Kier molecular flexibility index (Phi) is 5.32. The van der Waals surface area contributed by atoms with E-state index in [0.29, 0.717) is 12.6 Å². The molecule has 0 aliphatic rings. The van der Waals surface area contributed by atoms with E-state index >= 15 is 0 Å². The third-order valence-electron chi connectivity index (χ3n) is 3.40. The number of hydrogen-bond donors (Lipinski definition) is 1. The SMILES string of the molecule is CC(C)N(Cc1ccccc1)Cc1cn(CCN)cn1. The fourth-order valence-electron chi connectivity index (χ4n) is 2.21. The van der Waals surface area contributed by atoms with Gasteiger partial charge in [0.25, 0.3) is 0 Å². The Labute approximate surface area is 121 Å². The molecule has 1 aromatic carbocycles. The van der Waals surface area contributed by atoms with Gasteiger partial charge in [-0.05, 0) is 19.4 Å². The molecule has 0 bridgehead atoms. The quantitative estimate of drug-likeness (QED) is 0.841. The highest BCUT2D eigenvalue weighted by atomic mass is 15.2. The molecule has 2 N–H and O–H groups in total. The zero-order valence-corrected chi connectivity index (χ0v) is 12.4. The Morgan fingerprint density at radius 3 is 2.60 bits per heavy atom. The minimum Gasteiger partial charge on any atom is -0.336 e. The van der Waals surface area contributed by atoms with Crippen LogP contribution in [0.3, 0.4) is 0 Å². The number of imidazole rings is 1. The molecule has 0 saturated carbocycles. The summed E-state index contributed by atoms with van der Waals surface area (Å²) in [7, 11) is 0. The normalized spacial score (nSPS) is 11.4. The molecule has 0 fully saturated rings. The molecule has 0 aliphatic heterocycles. The van der Waals surface area contributed by atoms with Gasteiger partial charge in [0, 0.05) is 38.4 Å². The molecule has 0 radical (unpaired) electrons. The molecule has 0 saturated heterocycles. The third-order valence-corrected chi connectivity index (χ3v) is 3.40. The van der Waals surface area contributed by atoms with Gasteiger partial charge in [-0.3, -0.25) is 4.90 Å². The van der Waals surface area contributed by atoms with Crippen LogP contribution < -0.4 is 5.73 Å². The van der Waals surface area contributed by atoms with Crippen LogP contribution in [0.25, 0.3) is 0 Å². The Morgan fingerprint density at radius 1 is 1.20 bits per heavy atom. The van der Waals surface area contributed by atoms with Crippen LogP contribution in [0.4, 0.5) is 0 Å². The molecule has 108 valence electrons. The van der Waals surface area contributed by atoms with Crippen molar-refractivity contribution in [3.8, 4) is 0 Å². The number of nitrogens with zero attached hydrogens (tertiary/aromatic N) is 3. The van der Waals surface area contributed by atoms with E-state index in [1.54, 1.807) is 0 Å². The lowest BCUT2D eigenvalue weighted by Crippen LogP contribution is -2.29. The lowest BCUT2D eigenvalue weighted by atomic mass is 10.2. The highest BCUT2D eigenvalue weighted by molar-refractivity contribution is 5.14. The first kappa shape index (κ1) is 14.8. The molecule has 4 nitrogen and oxygen atoms in total. The number of rotatable bonds is 7. The van der Waals surface area contributed by atoms with E-state index in [0.717, 1.165) is 25.3 Å². The maximum absolute atomic E-state index is 5.56. The van der Waals surface area contributed by atoms with Gasteiger partial charge in [-0.25, -0.2) is 4.98 Å². The summed E-state index contributed by atoms with van der Waals surface area (Å²) < 4.78 is 2.05. The largest absolute Gasteiger partial charge is 0.336 e. The second-order valence-corrected chi connectivity index (χ2v) is 5.38. The summed E-state index contributed by atoms with van der Waals surface area (Å²) in [5.74, 6) is 0.